The molecule has 0 saturated carbocycles. The number of nitrogens with zero attached hydrogens (tertiary/aromatic N) is 1. The van der Waals surface area contributed by atoms with Crippen LogP contribution >= 0.6 is 23.7 Å². The zero-order valence-corrected chi connectivity index (χ0v) is 17.0. The Morgan fingerprint density at radius 3 is 2.85 bits per heavy atom. The summed E-state index contributed by atoms with van der Waals surface area (Å²) in [7, 11) is -3.55. The molecule has 1 unspecified atom stereocenters. The number of fused-ring (bicyclic) bond motifs is 1. The predicted molar refractivity (Wildman–Crippen MR) is 106 cm³/mol. The van der Waals surface area contributed by atoms with E-state index in [1.807, 2.05) is 0 Å². The minimum absolute atomic E-state index is 0. The number of ether oxygens (including phenoxy) is 1. The molecular weight excluding hydrogens is 396 g/mol. The minimum atomic E-state index is -3.55. The number of benzene rings is 1. The van der Waals surface area contributed by atoms with Crippen molar-refractivity contribution in [2.45, 2.75) is 24.7 Å². The van der Waals surface area contributed by atoms with Gasteiger partial charge < -0.3 is 10.5 Å². The normalized spacial score (nSPS) is 18.5. The Balaban J connectivity index is 0.00000243. The topological polar surface area (TPSA) is 89.7 Å². The molecule has 2 aromatic rings. The average Bonchev–Trinajstić information content (AvgIpc) is 3.05. The van der Waals surface area contributed by atoms with Crippen molar-refractivity contribution in [1.82, 2.24) is 4.31 Å². The summed E-state index contributed by atoms with van der Waals surface area (Å²) in [4.78, 5) is 12.6. The fourth-order valence-electron chi connectivity index (χ4n) is 3.07. The number of halogens is 1. The number of hydrogen-bond acceptors (Lipinski definition) is 6. The number of carbonyl (C=O) groups excluding carboxylic acids is 1. The maximum atomic E-state index is 12.9. The van der Waals surface area contributed by atoms with Crippen LogP contribution < -0.4 is 5.73 Å². The van der Waals surface area contributed by atoms with E-state index >= 15 is 0 Å². The van der Waals surface area contributed by atoms with Crippen LogP contribution in [-0.4, -0.2) is 44.9 Å². The summed E-state index contributed by atoms with van der Waals surface area (Å²) < 4.78 is 33.3. The minimum Gasteiger partial charge on any atom is -0.462 e. The first-order chi connectivity index (χ1) is 12.0. The van der Waals surface area contributed by atoms with Crippen molar-refractivity contribution in [3.8, 4) is 0 Å². The number of rotatable bonds is 5. The van der Waals surface area contributed by atoms with Gasteiger partial charge in [0.2, 0.25) is 10.0 Å². The summed E-state index contributed by atoms with van der Waals surface area (Å²) in [6, 6.07) is 6.68. The van der Waals surface area contributed by atoms with Gasteiger partial charge in [-0.05, 0) is 61.9 Å². The van der Waals surface area contributed by atoms with Crippen LogP contribution in [0.25, 0.3) is 10.1 Å². The number of nitrogens with two attached hydrogens (primary N) is 1. The second kappa shape index (κ2) is 8.67. The summed E-state index contributed by atoms with van der Waals surface area (Å²) in [6.07, 6.45) is 1.80. The molecule has 1 fully saturated rings. The van der Waals surface area contributed by atoms with E-state index in [1.165, 1.54) is 15.6 Å². The molecule has 1 aliphatic rings. The highest BCUT2D eigenvalue weighted by Gasteiger charge is 2.30. The first kappa shape index (κ1) is 21.1. The van der Waals surface area contributed by atoms with E-state index in [9.17, 15) is 13.2 Å². The molecule has 0 spiro atoms. The maximum Gasteiger partial charge on any atom is 0.348 e. The average molecular weight is 419 g/mol. The van der Waals surface area contributed by atoms with Gasteiger partial charge in [-0.3, -0.25) is 0 Å². The Bertz CT molecular complexity index is 882. The maximum absolute atomic E-state index is 12.9. The lowest BCUT2D eigenvalue weighted by Crippen LogP contribution is -2.41. The molecule has 2 heterocycles. The summed E-state index contributed by atoms with van der Waals surface area (Å²) in [6.45, 7) is 3.55. The largest absolute Gasteiger partial charge is 0.462 e. The molecule has 0 amide bonds. The van der Waals surface area contributed by atoms with E-state index in [-0.39, 0.29) is 29.2 Å². The molecule has 1 aliphatic heterocycles. The van der Waals surface area contributed by atoms with Crippen LogP contribution in [-0.2, 0) is 14.8 Å². The summed E-state index contributed by atoms with van der Waals surface area (Å²) in [5, 5.41) is 0.738. The lowest BCUT2D eigenvalue weighted by Gasteiger charge is -2.31. The highest BCUT2D eigenvalue weighted by Crippen LogP contribution is 2.30. The van der Waals surface area contributed by atoms with Crippen molar-refractivity contribution < 1.29 is 17.9 Å². The Morgan fingerprint density at radius 2 is 2.15 bits per heavy atom. The van der Waals surface area contributed by atoms with Crippen LogP contribution in [0.4, 0.5) is 0 Å². The standard InChI is InChI=1S/C17H22N2O4S2.ClH/c1-2-23-17(20)16-9-13-8-14(5-6-15(13)24-16)25(21,22)19-7-3-4-12(10-18)11-19;/h5-6,8-9,12H,2-4,7,10-11,18H2,1H3;1H. The molecule has 9 heteroatoms. The zero-order chi connectivity index (χ0) is 18.0. The fourth-order valence-corrected chi connectivity index (χ4v) is 5.60. The molecule has 0 aliphatic carbocycles. The third-order valence-electron chi connectivity index (χ3n) is 4.42. The van der Waals surface area contributed by atoms with Crippen LogP contribution in [0.3, 0.4) is 0 Å². The van der Waals surface area contributed by atoms with Crippen molar-refractivity contribution in [3.63, 3.8) is 0 Å². The van der Waals surface area contributed by atoms with Gasteiger partial charge >= 0.3 is 5.97 Å². The molecule has 1 atom stereocenters. The van der Waals surface area contributed by atoms with Crippen LogP contribution in [0.2, 0.25) is 0 Å². The van der Waals surface area contributed by atoms with Gasteiger partial charge in [0.15, 0.2) is 0 Å². The van der Waals surface area contributed by atoms with E-state index in [0.29, 0.717) is 31.1 Å². The Kier molecular flexibility index (Phi) is 7.04. The van der Waals surface area contributed by atoms with Gasteiger partial charge in [0.25, 0.3) is 0 Å². The number of piperidine rings is 1. The number of thiophene rings is 1. The lowest BCUT2D eigenvalue weighted by molar-refractivity contribution is 0.0532. The summed E-state index contributed by atoms with van der Waals surface area (Å²) >= 11 is 1.30. The van der Waals surface area contributed by atoms with Crippen LogP contribution in [0.15, 0.2) is 29.2 Å². The second-order valence-corrected chi connectivity index (χ2v) is 9.16. The third-order valence-corrected chi connectivity index (χ3v) is 7.37. The van der Waals surface area contributed by atoms with Crippen molar-refractivity contribution >= 4 is 49.8 Å². The third kappa shape index (κ3) is 4.20. The molecule has 2 N–H and O–H groups in total. The molecule has 1 saturated heterocycles. The van der Waals surface area contributed by atoms with Crippen molar-refractivity contribution in [2.75, 3.05) is 26.2 Å². The highest BCUT2D eigenvalue weighted by atomic mass is 35.5. The number of carbonyl (C=O) groups is 1. The predicted octanol–water partition coefficient (Wildman–Crippen LogP) is 2.86. The fraction of sp³-hybridized carbons (Fsp3) is 0.471. The van der Waals surface area contributed by atoms with E-state index < -0.39 is 10.0 Å². The zero-order valence-electron chi connectivity index (χ0n) is 14.5. The molecule has 6 nitrogen and oxygen atoms in total. The Morgan fingerprint density at radius 1 is 1.38 bits per heavy atom. The van der Waals surface area contributed by atoms with Gasteiger partial charge in [-0.1, -0.05) is 0 Å². The van der Waals surface area contributed by atoms with Crippen molar-refractivity contribution in [3.05, 3.63) is 29.1 Å². The highest BCUT2D eigenvalue weighted by molar-refractivity contribution is 7.89. The van der Waals surface area contributed by atoms with Crippen LogP contribution in [0.5, 0.6) is 0 Å². The van der Waals surface area contributed by atoms with Crippen LogP contribution in [0, 0.1) is 5.92 Å². The van der Waals surface area contributed by atoms with Gasteiger partial charge in [0.05, 0.1) is 11.5 Å². The van der Waals surface area contributed by atoms with E-state index in [4.69, 9.17) is 10.5 Å². The molecule has 0 radical (unpaired) electrons. The number of hydrogen-bond donors (Lipinski definition) is 1. The molecular formula is C17H23ClN2O4S2. The van der Waals surface area contributed by atoms with Crippen LogP contribution in [0.1, 0.15) is 29.4 Å². The first-order valence-corrected chi connectivity index (χ1v) is 10.6. The summed E-state index contributed by atoms with van der Waals surface area (Å²) in [5.41, 5.74) is 5.71. The van der Waals surface area contributed by atoms with Gasteiger partial charge in [0.1, 0.15) is 4.88 Å². The van der Waals surface area contributed by atoms with E-state index in [0.717, 1.165) is 22.9 Å². The Hall–Kier alpha value is -1.19. The molecule has 144 valence electrons. The van der Waals surface area contributed by atoms with Gasteiger partial charge in [-0.25, -0.2) is 13.2 Å². The van der Waals surface area contributed by atoms with E-state index in [1.54, 1.807) is 31.2 Å². The lowest BCUT2D eigenvalue weighted by atomic mass is 10.0. The van der Waals surface area contributed by atoms with Gasteiger partial charge in [-0.2, -0.15) is 4.31 Å². The summed E-state index contributed by atoms with van der Waals surface area (Å²) in [5.74, 6) is -0.168. The molecule has 3 rings (SSSR count). The monoisotopic (exact) mass is 418 g/mol. The van der Waals surface area contributed by atoms with Crippen molar-refractivity contribution in [1.29, 1.82) is 0 Å². The Labute approximate surface area is 163 Å². The van der Waals surface area contributed by atoms with Gasteiger partial charge in [0, 0.05) is 17.8 Å². The van der Waals surface area contributed by atoms with Gasteiger partial charge in [-0.15, -0.1) is 23.7 Å². The smallest absolute Gasteiger partial charge is 0.348 e. The first-order valence-electron chi connectivity index (χ1n) is 8.36. The molecule has 26 heavy (non-hydrogen) atoms. The molecule has 1 aromatic heterocycles. The number of esters is 1. The molecule has 0 bridgehead atoms. The SMILES string of the molecule is CCOC(=O)c1cc2cc(S(=O)(=O)N3CCCC(CN)C3)ccc2s1.Cl. The van der Waals surface area contributed by atoms with E-state index in [2.05, 4.69) is 0 Å². The molecule has 1 aromatic carbocycles. The second-order valence-electron chi connectivity index (χ2n) is 6.14. The number of sulfonamides is 1. The van der Waals surface area contributed by atoms with Crippen molar-refractivity contribution in [2.24, 2.45) is 11.7 Å². The quantitative estimate of drug-likeness (QED) is 0.754.